The summed E-state index contributed by atoms with van der Waals surface area (Å²) in [4.78, 5) is 26.9. The summed E-state index contributed by atoms with van der Waals surface area (Å²) in [5, 5.41) is 2.83. The van der Waals surface area contributed by atoms with Crippen molar-refractivity contribution in [2.24, 2.45) is 0 Å². The molecule has 3 rings (SSSR count). The average Bonchev–Trinajstić information content (AvgIpc) is 2.90. The maximum atomic E-state index is 12.6. The number of thioether (sulfide) groups is 1. The van der Waals surface area contributed by atoms with Gasteiger partial charge in [-0.2, -0.15) is 0 Å². The zero-order valence-electron chi connectivity index (χ0n) is 14.6. The molecule has 0 aromatic heterocycles. The molecule has 1 heterocycles. The maximum Gasteiger partial charge on any atom is 0.266 e. The molecule has 0 spiro atoms. The Morgan fingerprint density at radius 3 is 2.63 bits per heavy atom. The van der Waals surface area contributed by atoms with E-state index >= 15 is 0 Å². The van der Waals surface area contributed by atoms with Crippen LogP contribution in [0.15, 0.2) is 57.9 Å². The van der Waals surface area contributed by atoms with Crippen LogP contribution in [-0.4, -0.2) is 27.6 Å². The van der Waals surface area contributed by atoms with Crippen LogP contribution in [0.5, 0.6) is 0 Å². The number of benzene rings is 2. The number of rotatable bonds is 5. The van der Waals surface area contributed by atoms with Gasteiger partial charge in [0.05, 0.1) is 10.6 Å². The number of aryl methyl sites for hydroxylation is 1. The Morgan fingerprint density at radius 1 is 1.22 bits per heavy atom. The van der Waals surface area contributed by atoms with E-state index in [1.807, 2.05) is 61.5 Å². The van der Waals surface area contributed by atoms with E-state index in [9.17, 15) is 9.59 Å². The predicted molar refractivity (Wildman–Crippen MR) is 118 cm³/mol. The first-order chi connectivity index (χ1) is 12.9. The Morgan fingerprint density at radius 2 is 1.93 bits per heavy atom. The molecular weight excluding hydrogens is 444 g/mol. The zero-order valence-corrected chi connectivity index (χ0v) is 17.8. The third kappa shape index (κ3) is 5.06. The van der Waals surface area contributed by atoms with Gasteiger partial charge in [-0.25, -0.2) is 0 Å². The van der Waals surface area contributed by atoms with Crippen molar-refractivity contribution in [1.29, 1.82) is 0 Å². The van der Waals surface area contributed by atoms with Crippen LogP contribution in [0, 0.1) is 6.92 Å². The largest absolute Gasteiger partial charge is 0.325 e. The van der Waals surface area contributed by atoms with Crippen LogP contribution >= 0.6 is 39.9 Å². The molecule has 2 aromatic carbocycles. The van der Waals surface area contributed by atoms with Gasteiger partial charge in [-0.05, 0) is 46.6 Å². The van der Waals surface area contributed by atoms with E-state index < -0.39 is 0 Å². The number of carbonyl (C=O) groups is 2. The first-order valence-electron chi connectivity index (χ1n) is 8.30. The summed E-state index contributed by atoms with van der Waals surface area (Å²) in [6, 6.07) is 15.3. The van der Waals surface area contributed by atoms with Crippen molar-refractivity contribution in [3.05, 3.63) is 69.0 Å². The number of hydrogen-bond acceptors (Lipinski definition) is 4. The average molecular weight is 461 g/mol. The summed E-state index contributed by atoms with van der Waals surface area (Å²) in [6.07, 6.45) is 2.01. The smallest absolute Gasteiger partial charge is 0.266 e. The van der Waals surface area contributed by atoms with Crippen LogP contribution in [-0.2, 0) is 9.59 Å². The molecule has 1 N–H and O–H groups in total. The summed E-state index contributed by atoms with van der Waals surface area (Å²) >= 11 is 9.98. The van der Waals surface area contributed by atoms with E-state index in [-0.39, 0.29) is 24.8 Å². The topological polar surface area (TPSA) is 49.4 Å². The minimum atomic E-state index is -0.168. The first-order valence-corrected chi connectivity index (χ1v) is 10.3. The van der Waals surface area contributed by atoms with Crippen LogP contribution in [0.1, 0.15) is 17.5 Å². The molecule has 2 aromatic rings. The standard InChI is InChI=1S/C20H17BrN2O2S2/c1-13-6-8-14(9-7-13)12-17-19(25)23(20(26)27-17)11-10-18(24)22-16-5-3-2-4-15(16)21/h2-9,12H,10-11H2,1H3,(H,22,24)/b17-12+. The predicted octanol–water partition coefficient (Wildman–Crippen LogP) is 4.99. The second-order valence-electron chi connectivity index (χ2n) is 6.02. The molecule has 2 amide bonds. The molecule has 0 bridgehead atoms. The molecule has 0 unspecified atom stereocenters. The van der Waals surface area contributed by atoms with Crippen LogP contribution in [0.3, 0.4) is 0 Å². The quantitative estimate of drug-likeness (QED) is 0.504. The second kappa shape index (κ2) is 8.82. The maximum absolute atomic E-state index is 12.6. The zero-order chi connectivity index (χ0) is 19.4. The molecule has 4 nitrogen and oxygen atoms in total. The fourth-order valence-corrected chi connectivity index (χ4v) is 4.19. The van der Waals surface area contributed by atoms with Crippen LogP contribution in [0.2, 0.25) is 0 Å². The van der Waals surface area contributed by atoms with Crippen LogP contribution < -0.4 is 5.32 Å². The fraction of sp³-hybridized carbons (Fsp3) is 0.150. The molecule has 0 radical (unpaired) electrons. The van der Waals surface area contributed by atoms with Crippen molar-refractivity contribution in [2.45, 2.75) is 13.3 Å². The minimum Gasteiger partial charge on any atom is -0.325 e. The van der Waals surface area contributed by atoms with Gasteiger partial charge >= 0.3 is 0 Å². The number of thiocarbonyl (C=S) groups is 1. The molecule has 138 valence electrons. The first kappa shape index (κ1) is 19.8. The van der Waals surface area contributed by atoms with E-state index in [0.29, 0.717) is 14.9 Å². The number of anilines is 1. The van der Waals surface area contributed by atoms with Crippen molar-refractivity contribution in [2.75, 3.05) is 11.9 Å². The summed E-state index contributed by atoms with van der Waals surface area (Å²) in [6.45, 7) is 2.27. The Balaban J connectivity index is 1.61. The Hall–Kier alpha value is -1.96. The SMILES string of the molecule is Cc1ccc(/C=C2/SC(=S)N(CCC(=O)Nc3ccccc3Br)C2=O)cc1. The van der Waals surface area contributed by atoms with E-state index in [1.54, 1.807) is 0 Å². The molecule has 0 aliphatic carbocycles. The molecule has 7 heteroatoms. The molecule has 1 aliphatic heterocycles. The monoisotopic (exact) mass is 460 g/mol. The summed E-state index contributed by atoms with van der Waals surface area (Å²) < 4.78 is 1.29. The van der Waals surface area contributed by atoms with Gasteiger partial charge in [0.1, 0.15) is 4.32 Å². The number of amides is 2. The normalized spacial score (nSPS) is 15.5. The lowest BCUT2D eigenvalue weighted by atomic mass is 10.1. The van der Waals surface area contributed by atoms with Crippen molar-refractivity contribution < 1.29 is 9.59 Å². The fourth-order valence-electron chi connectivity index (χ4n) is 2.50. The van der Waals surface area contributed by atoms with Gasteiger partial charge in [0.25, 0.3) is 5.91 Å². The van der Waals surface area contributed by atoms with E-state index in [1.165, 1.54) is 16.7 Å². The van der Waals surface area contributed by atoms with Gasteiger partial charge in [-0.15, -0.1) is 0 Å². The van der Waals surface area contributed by atoms with Crippen molar-refractivity contribution in [1.82, 2.24) is 4.90 Å². The number of carbonyl (C=O) groups excluding carboxylic acids is 2. The Bertz CT molecular complexity index is 926. The molecule has 0 saturated carbocycles. The third-order valence-corrected chi connectivity index (χ3v) is 6.03. The van der Waals surface area contributed by atoms with Gasteiger partial charge in [0.2, 0.25) is 5.91 Å². The highest BCUT2D eigenvalue weighted by molar-refractivity contribution is 9.10. The van der Waals surface area contributed by atoms with E-state index in [2.05, 4.69) is 21.2 Å². The number of nitrogens with zero attached hydrogens (tertiary/aromatic N) is 1. The molecule has 1 fully saturated rings. The van der Waals surface area contributed by atoms with Gasteiger partial charge in [0, 0.05) is 17.4 Å². The lowest BCUT2D eigenvalue weighted by Crippen LogP contribution is -2.31. The van der Waals surface area contributed by atoms with Gasteiger partial charge in [0.15, 0.2) is 0 Å². The molecule has 27 heavy (non-hydrogen) atoms. The van der Waals surface area contributed by atoms with Crippen LogP contribution in [0.25, 0.3) is 6.08 Å². The summed E-state index contributed by atoms with van der Waals surface area (Å²) in [7, 11) is 0. The lowest BCUT2D eigenvalue weighted by Gasteiger charge is -2.14. The van der Waals surface area contributed by atoms with E-state index in [0.717, 1.165) is 15.6 Å². The Kier molecular flexibility index (Phi) is 6.46. The van der Waals surface area contributed by atoms with Crippen molar-refractivity contribution in [3.63, 3.8) is 0 Å². The Labute approximate surface area is 176 Å². The highest BCUT2D eigenvalue weighted by Crippen LogP contribution is 2.32. The molecule has 1 aliphatic rings. The highest BCUT2D eigenvalue weighted by atomic mass is 79.9. The van der Waals surface area contributed by atoms with E-state index in [4.69, 9.17) is 12.2 Å². The number of halogens is 1. The second-order valence-corrected chi connectivity index (χ2v) is 8.55. The van der Waals surface area contributed by atoms with Crippen molar-refractivity contribution >= 4 is 67.8 Å². The summed E-state index contributed by atoms with van der Waals surface area (Å²) in [5.41, 5.74) is 2.82. The van der Waals surface area contributed by atoms with Gasteiger partial charge < -0.3 is 5.32 Å². The molecular formula is C20H17BrN2O2S2. The number of hydrogen-bond donors (Lipinski definition) is 1. The third-order valence-electron chi connectivity index (χ3n) is 3.96. The van der Waals surface area contributed by atoms with Crippen molar-refractivity contribution in [3.8, 4) is 0 Å². The summed E-state index contributed by atoms with van der Waals surface area (Å²) in [5.74, 6) is -0.322. The number of nitrogens with one attached hydrogen (secondary N) is 1. The van der Waals surface area contributed by atoms with Gasteiger partial charge in [-0.3, -0.25) is 14.5 Å². The van der Waals surface area contributed by atoms with Gasteiger partial charge in [-0.1, -0.05) is 65.9 Å². The molecule has 0 atom stereocenters. The lowest BCUT2D eigenvalue weighted by molar-refractivity contribution is -0.122. The highest BCUT2D eigenvalue weighted by Gasteiger charge is 2.32. The molecule has 1 saturated heterocycles. The van der Waals surface area contributed by atoms with Crippen LogP contribution in [0.4, 0.5) is 5.69 Å². The number of para-hydroxylation sites is 1. The minimum absolute atomic E-state index is 0.153.